The predicted octanol–water partition coefficient (Wildman–Crippen LogP) is 1.05. The molecule has 2 heterocycles. The van der Waals surface area contributed by atoms with Gasteiger partial charge in [-0.05, 0) is 26.8 Å². The molecule has 21 heavy (non-hydrogen) atoms. The molecule has 1 saturated heterocycles. The molecule has 0 aromatic carbocycles. The molecular weight excluding hydrogens is 268 g/mol. The minimum Gasteiger partial charge on any atom is -0.375 e. The fourth-order valence-corrected chi connectivity index (χ4v) is 2.59. The van der Waals surface area contributed by atoms with E-state index in [0.29, 0.717) is 12.1 Å². The van der Waals surface area contributed by atoms with E-state index in [0.717, 1.165) is 44.8 Å². The molecule has 0 unspecified atom stereocenters. The van der Waals surface area contributed by atoms with Gasteiger partial charge in [0.25, 0.3) is 5.91 Å². The van der Waals surface area contributed by atoms with Crippen LogP contribution in [0.5, 0.6) is 0 Å². The topological polar surface area (TPSA) is 59.4 Å². The van der Waals surface area contributed by atoms with E-state index in [9.17, 15) is 4.79 Å². The van der Waals surface area contributed by atoms with E-state index in [2.05, 4.69) is 29.3 Å². The zero-order chi connectivity index (χ0) is 15.2. The minimum atomic E-state index is -0.0426. The van der Waals surface area contributed by atoms with E-state index >= 15 is 0 Å². The van der Waals surface area contributed by atoms with E-state index in [1.807, 2.05) is 11.6 Å². The average Bonchev–Trinajstić information content (AvgIpc) is 2.81. The maximum atomic E-state index is 12.2. The summed E-state index contributed by atoms with van der Waals surface area (Å²) in [5, 5.41) is 7.23. The number of carbonyl (C=O) groups excluding carboxylic acids is 1. The van der Waals surface area contributed by atoms with Crippen molar-refractivity contribution in [3.8, 4) is 0 Å². The molecule has 6 heteroatoms. The number of nitrogens with zero attached hydrogens (tertiary/aromatic N) is 3. The Hall–Kier alpha value is -1.40. The van der Waals surface area contributed by atoms with Crippen LogP contribution >= 0.6 is 0 Å². The molecule has 0 radical (unpaired) electrons. The summed E-state index contributed by atoms with van der Waals surface area (Å²) in [7, 11) is 2.10. The first-order valence-electron chi connectivity index (χ1n) is 7.72. The van der Waals surface area contributed by atoms with Gasteiger partial charge in [-0.1, -0.05) is 6.92 Å². The number of amides is 1. The van der Waals surface area contributed by atoms with Gasteiger partial charge in [-0.2, -0.15) is 5.10 Å². The van der Waals surface area contributed by atoms with Crippen molar-refractivity contribution in [2.45, 2.75) is 39.3 Å². The number of ether oxygens (including phenoxy) is 1. The summed E-state index contributed by atoms with van der Waals surface area (Å²) in [6.07, 6.45) is 3.73. The Morgan fingerprint density at radius 1 is 1.57 bits per heavy atom. The van der Waals surface area contributed by atoms with E-state index < -0.39 is 0 Å². The number of aromatic nitrogens is 2. The summed E-state index contributed by atoms with van der Waals surface area (Å²) in [6, 6.07) is 0. The molecule has 1 aliphatic heterocycles. The number of aryl methyl sites for hydroxylation is 1. The first-order chi connectivity index (χ1) is 10.1. The lowest BCUT2D eigenvalue weighted by molar-refractivity contribution is -0.0226. The highest BCUT2D eigenvalue weighted by Gasteiger charge is 2.18. The lowest BCUT2D eigenvalue weighted by Crippen LogP contribution is -2.41. The van der Waals surface area contributed by atoms with Gasteiger partial charge in [-0.3, -0.25) is 9.48 Å². The van der Waals surface area contributed by atoms with Gasteiger partial charge in [0, 0.05) is 31.9 Å². The van der Waals surface area contributed by atoms with E-state index in [-0.39, 0.29) is 12.0 Å². The van der Waals surface area contributed by atoms with Crippen molar-refractivity contribution in [2.24, 2.45) is 0 Å². The molecule has 1 N–H and O–H groups in total. The van der Waals surface area contributed by atoms with Crippen LogP contribution in [-0.4, -0.2) is 60.0 Å². The Kier molecular flexibility index (Phi) is 5.76. The third kappa shape index (κ3) is 4.28. The molecule has 6 nitrogen and oxygen atoms in total. The second kappa shape index (κ2) is 7.56. The Morgan fingerprint density at radius 2 is 2.38 bits per heavy atom. The lowest BCUT2D eigenvalue weighted by Gasteiger charge is -2.30. The molecule has 0 spiro atoms. The van der Waals surface area contributed by atoms with Crippen molar-refractivity contribution >= 4 is 5.91 Å². The standard InChI is InChI=1S/C15H26N4O2/c1-4-7-19-12(2)14(10-17-19)15(20)16-6-5-13-11-18(3)8-9-21-13/h10,13H,4-9,11H2,1-3H3,(H,16,20)/t13-/m0/s1. The van der Waals surface area contributed by atoms with E-state index in [1.165, 1.54) is 0 Å². The molecule has 0 bridgehead atoms. The van der Waals surface area contributed by atoms with Crippen LogP contribution in [0.2, 0.25) is 0 Å². The normalized spacial score (nSPS) is 19.7. The second-order valence-corrected chi connectivity index (χ2v) is 5.67. The highest BCUT2D eigenvalue weighted by atomic mass is 16.5. The number of hydrogen-bond donors (Lipinski definition) is 1. The molecular formula is C15H26N4O2. The third-order valence-corrected chi connectivity index (χ3v) is 3.88. The molecule has 2 rings (SSSR count). The summed E-state index contributed by atoms with van der Waals surface area (Å²) in [5.41, 5.74) is 1.60. The first-order valence-corrected chi connectivity index (χ1v) is 7.72. The molecule has 1 fully saturated rings. The number of likely N-dealkylation sites (N-methyl/N-ethyl adjacent to an activating group) is 1. The number of rotatable bonds is 6. The maximum absolute atomic E-state index is 12.2. The molecule has 1 amide bonds. The maximum Gasteiger partial charge on any atom is 0.254 e. The van der Waals surface area contributed by atoms with Gasteiger partial charge in [0.1, 0.15) is 0 Å². The van der Waals surface area contributed by atoms with E-state index in [4.69, 9.17) is 4.74 Å². The van der Waals surface area contributed by atoms with Crippen LogP contribution in [-0.2, 0) is 11.3 Å². The number of carbonyl (C=O) groups is 1. The fraction of sp³-hybridized carbons (Fsp3) is 0.733. The summed E-state index contributed by atoms with van der Waals surface area (Å²) < 4.78 is 7.57. The van der Waals surface area contributed by atoms with Crippen molar-refractivity contribution in [3.05, 3.63) is 17.5 Å². The van der Waals surface area contributed by atoms with Crippen molar-refractivity contribution < 1.29 is 9.53 Å². The summed E-state index contributed by atoms with van der Waals surface area (Å²) in [5.74, 6) is -0.0426. The van der Waals surface area contributed by atoms with Gasteiger partial charge in [0.15, 0.2) is 0 Å². The molecule has 0 aliphatic carbocycles. The van der Waals surface area contributed by atoms with Gasteiger partial charge < -0.3 is 15.0 Å². The largest absolute Gasteiger partial charge is 0.375 e. The van der Waals surface area contributed by atoms with Crippen LogP contribution in [0.25, 0.3) is 0 Å². The lowest BCUT2D eigenvalue weighted by atomic mass is 10.2. The summed E-state index contributed by atoms with van der Waals surface area (Å²) in [4.78, 5) is 14.4. The highest BCUT2D eigenvalue weighted by Crippen LogP contribution is 2.09. The molecule has 1 aliphatic rings. The van der Waals surface area contributed by atoms with E-state index in [1.54, 1.807) is 6.20 Å². The number of hydrogen-bond acceptors (Lipinski definition) is 4. The van der Waals surface area contributed by atoms with Crippen molar-refractivity contribution in [3.63, 3.8) is 0 Å². The Morgan fingerprint density at radius 3 is 3.10 bits per heavy atom. The first kappa shape index (κ1) is 16.0. The second-order valence-electron chi connectivity index (χ2n) is 5.67. The average molecular weight is 294 g/mol. The molecule has 118 valence electrons. The van der Waals surface area contributed by atoms with Crippen LogP contribution in [0, 0.1) is 6.92 Å². The summed E-state index contributed by atoms with van der Waals surface area (Å²) >= 11 is 0. The van der Waals surface area contributed by atoms with Gasteiger partial charge in [-0.25, -0.2) is 0 Å². The molecule has 1 atom stereocenters. The SMILES string of the molecule is CCCn1ncc(C(=O)NCC[C@H]2CN(C)CCO2)c1C. The van der Waals surface area contributed by atoms with Gasteiger partial charge in [0.2, 0.25) is 0 Å². The minimum absolute atomic E-state index is 0.0426. The molecule has 1 aromatic rings. The number of nitrogens with one attached hydrogen (secondary N) is 1. The Balaban J connectivity index is 1.79. The van der Waals surface area contributed by atoms with Crippen molar-refractivity contribution in [1.82, 2.24) is 20.0 Å². The van der Waals surface area contributed by atoms with Crippen LogP contribution in [0.15, 0.2) is 6.20 Å². The van der Waals surface area contributed by atoms with Crippen LogP contribution < -0.4 is 5.32 Å². The van der Waals surface area contributed by atoms with Gasteiger partial charge in [-0.15, -0.1) is 0 Å². The quantitative estimate of drug-likeness (QED) is 0.852. The van der Waals surface area contributed by atoms with Crippen molar-refractivity contribution in [1.29, 1.82) is 0 Å². The molecule has 0 saturated carbocycles. The smallest absolute Gasteiger partial charge is 0.254 e. The van der Waals surface area contributed by atoms with Crippen LogP contribution in [0.4, 0.5) is 0 Å². The summed E-state index contributed by atoms with van der Waals surface area (Å²) in [6.45, 7) is 8.22. The third-order valence-electron chi connectivity index (χ3n) is 3.88. The Bertz CT molecular complexity index is 472. The van der Waals surface area contributed by atoms with Crippen LogP contribution in [0.3, 0.4) is 0 Å². The zero-order valence-electron chi connectivity index (χ0n) is 13.3. The predicted molar refractivity (Wildman–Crippen MR) is 81.4 cm³/mol. The van der Waals surface area contributed by atoms with Gasteiger partial charge >= 0.3 is 0 Å². The Labute approximate surface area is 126 Å². The van der Waals surface area contributed by atoms with Crippen molar-refractivity contribution in [2.75, 3.05) is 33.3 Å². The highest BCUT2D eigenvalue weighted by molar-refractivity contribution is 5.94. The zero-order valence-corrected chi connectivity index (χ0v) is 13.3. The monoisotopic (exact) mass is 294 g/mol. The molecule has 1 aromatic heterocycles. The van der Waals surface area contributed by atoms with Gasteiger partial charge in [0.05, 0.1) is 24.5 Å². The fourth-order valence-electron chi connectivity index (χ4n) is 2.59. The van der Waals surface area contributed by atoms with Crippen LogP contribution in [0.1, 0.15) is 35.8 Å². The number of morpholine rings is 1.